The van der Waals surface area contributed by atoms with Gasteiger partial charge >= 0.3 is 5.97 Å². The van der Waals surface area contributed by atoms with Crippen molar-refractivity contribution in [1.82, 2.24) is 15.5 Å². The minimum absolute atomic E-state index is 0.111. The molecule has 26 heavy (non-hydrogen) atoms. The molecule has 0 spiro atoms. The van der Waals surface area contributed by atoms with Crippen LogP contribution in [0.3, 0.4) is 0 Å². The van der Waals surface area contributed by atoms with Gasteiger partial charge in [0.1, 0.15) is 6.04 Å². The average Bonchev–Trinajstić information content (AvgIpc) is 2.66. The minimum atomic E-state index is -1.05. The van der Waals surface area contributed by atoms with Crippen LogP contribution in [0.2, 0.25) is 0 Å². The summed E-state index contributed by atoms with van der Waals surface area (Å²) in [4.78, 5) is 37.4. The van der Waals surface area contributed by atoms with Crippen LogP contribution in [0.25, 0.3) is 0 Å². The highest BCUT2D eigenvalue weighted by Gasteiger charge is 2.29. The predicted molar refractivity (Wildman–Crippen MR) is 97.1 cm³/mol. The van der Waals surface area contributed by atoms with Gasteiger partial charge in [-0.3, -0.25) is 14.4 Å². The zero-order valence-electron chi connectivity index (χ0n) is 15.2. The molecule has 0 bridgehead atoms. The molecule has 0 aliphatic carbocycles. The number of amides is 2. The third-order valence-corrected chi connectivity index (χ3v) is 5.27. The van der Waals surface area contributed by atoms with E-state index in [9.17, 15) is 14.4 Å². The molecule has 2 amide bonds. The maximum atomic E-state index is 12.5. The van der Waals surface area contributed by atoms with Crippen molar-refractivity contribution < 1.29 is 19.5 Å². The fourth-order valence-electron chi connectivity index (χ4n) is 3.69. The lowest BCUT2D eigenvalue weighted by Crippen LogP contribution is -2.47. The fourth-order valence-corrected chi connectivity index (χ4v) is 3.69. The summed E-state index contributed by atoms with van der Waals surface area (Å²) in [5.74, 6) is 1.38. The van der Waals surface area contributed by atoms with Gasteiger partial charge in [-0.15, -0.1) is 6.42 Å². The van der Waals surface area contributed by atoms with Crippen LogP contribution in [0.4, 0.5) is 0 Å². The van der Waals surface area contributed by atoms with Crippen LogP contribution < -0.4 is 10.6 Å². The smallest absolute Gasteiger partial charge is 0.306 e. The van der Waals surface area contributed by atoms with Crippen LogP contribution in [0, 0.1) is 24.2 Å². The number of carbonyl (C=O) groups excluding carboxylic acids is 2. The predicted octanol–water partition coefficient (Wildman–Crippen LogP) is 0.598. The Hall–Kier alpha value is -2.07. The number of carbonyl (C=O) groups is 3. The van der Waals surface area contributed by atoms with E-state index in [4.69, 9.17) is 11.5 Å². The number of nitrogens with one attached hydrogen (secondary N) is 2. The summed E-state index contributed by atoms with van der Waals surface area (Å²) < 4.78 is 0. The van der Waals surface area contributed by atoms with Gasteiger partial charge in [0.15, 0.2) is 0 Å². The zero-order chi connectivity index (χ0) is 18.9. The number of carboxylic acids is 1. The summed E-state index contributed by atoms with van der Waals surface area (Å²) >= 11 is 0. The second-order valence-corrected chi connectivity index (χ2v) is 7.24. The first-order valence-electron chi connectivity index (χ1n) is 9.46. The van der Waals surface area contributed by atoms with Crippen molar-refractivity contribution in [3.63, 3.8) is 0 Å². The van der Waals surface area contributed by atoms with Gasteiger partial charge in [0.2, 0.25) is 11.8 Å². The lowest BCUT2D eigenvalue weighted by Gasteiger charge is -2.33. The number of rotatable bonds is 7. The van der Waals surface area contributed by atoms with Gasteiger partial charge in [-0.25, -0.2) is 0 Å². The Balaban J connectivity index is 1.79. The van der Waals surface area contributed by atoms with Gasteiger partial charge in [-0.05, 0) is 51.1 Å². The monoisotopic (exact) mass is 363 g/mol. The SMILES string of the molecule is C#CC(CC(=O)O)NC(=O)[C@H]1CCCN(C(=O)CCC2CCNCC2)C1. The molecule has 2 fully saturated rings. The standard InChI is InChI=1S/C19H29N3O4/c1-2-16(12-18(24)25)21-19(26)15-4-3-11-22(13-15)17(23)6-5-14-7-9-20-10-8-14/h1,14-16,20H,3-13H2,(H,21,26)(H,24,25)/t15-,16?/m0/s1. The summed E-state index contributed by atoms with van der Waals surface area (Å²) in [5, 5.41) is 14.8. The number of aliphatic carboxylic acids is 1. The molecule has 2 heterocycles. The van der Waals surface area contributed by atoms with E-state index in [1.807, 2.05) is 0 Å². The first-order valence-corrected chi connectivity index (χ1v) is 9.46. The Morgan fingerprint density at radius 1 is 1.27 bits per heavy atom. The molecular weight excluding hydrogens is 334 g/mol. The molecule has 2 aliphatic heterocycles. The van der Waals surface area contributed by atoms with Crippen molar-refractivity contribution in [2.75, 3.05) is 26.2 Å². The highest BCUT2D eigenvalue weighted by Crippen LogP contribution is 2.21. The lowest BCUT2D eigenvalue weighted by molar-refractivity contribution is -0.137. The average molecular weight is 363 g/mol. The third kappa shape index (κ3) is 6.34. The Bertz CT molecular complexity index is 551. The van der Waals surface area contributed by atoms with Gasteiger partial charge in [-0.1, -0.05) is 5.92 Å². The molecule has 0 aromatic heterocycles. The van der Waals surface area contributed by atoms with Crippen LogP contribution in [0.5, 0.6) is 0 Å². The maximum absolute atomic E-state index is 12.5. The summed E-state index contributed by atoms with van der Waals surface area (Å²) in [5.41, 5.74) is 0. The number of carboxylic acid groups (broad SMARTS) is 1. The van der Waals surface area contributed by atoms with Crippen LogP contribution in [0.1, 0.15) is 44.9 Å². The van der Waals surface area contributed by atoms with Crippen LogP contribution in [-0.4, -0.2) is 60.0 Å². The number of hydrogen-bond donors (Lipinski definition) is 3. The number of hydrogen-bond acceptors (Lipinski definition) is 4. The zero-order valence-corrected chi connectivity index (χ0v) is 15.2. The quantitative estimate of drug-likeness (QED) is 0.575. The Kier molecular flexibility index (Phi) is 7.92. The van der Waals surface area contributed by atoms with Gasteiger partial charge in [-0.2, -0.15) is 0 Å². The van der Waals surface area contributed by atoms with Crippen molar-refractivity contribution in [2.24, 2.45) is 11.8 Å². The second kappa shape index (κ2) is 10.2. The summed E-state index contributed by atoms with van der Waals surface area (Å²) in [6, 6.07) is -0.814. The van der Waals surface area contributed by atoms with Gasteiger partial charge in [0, 0.05) is 19.5 Å². The topological polar surface area (TPSA) is 98.7 Å². The molecule has 0 aromatic rings. The van der Waals surface area contributed by atoms with Crippen molar-refractivity contribution in [3.8, 4) is 12.3 Å². The largest absolute Gasteiger partial charge is 0.481 e. The van der Waals surface area contributed by atoms with Crippen LogP contribution in [-0.2, 0) is 14.4 Å². The van der Waals surface area contributed by atoms with Crippen molar-refractivity contribution in [3.05, 3.63) is 0 Å². The number of terminal acetylenes is 1. The minimum Gasteiger partial charge on any atom is -0.481 e. The number of nitrogens with zero attached hydrogens (tertiary/aromatic N) is 1. The van der Waals surface area contributed by atoms with Gasteiger partial charge in [0.25, 0.3) is 0 Å². The Labute approximate surface area is 154 Å². The Morgan fingerprint density at radius 2 is 2.00 bits per heavy atom. The number of piperidine rings is 2. The molecule has 2 atom stereocenters. The first kappa shape index (κ1) is 20.2. The van der Waals surface area contributed by atoms with E-state index < -0.39 is 12.0 Å². The van der Waals surface area contributed by atoms with Crippen molar-refractivity contribution in [2.45, 2.75) is 51.0 Å². The van der Waals surface area contributed by atoms with Gasteiger partial charge < -0.3 is 20.6 Å². The lowest BCUT2D eigenvalue weighted by atomic mass is 9.92. The fraction of sp³-hybridized carbons (Fsp3) is 0.737. The van der Waals surface area contributed by atoms with Crippen molar-refractivity contribution in [1.29, 1.82) is 0 Å². The molecule has 1 unspecified atom stereocenters. The van der Waals surface area contributed by atoms with E-state index >= 15 is 0 Å². The molecule has 7 nitrogen and oxygen atoms in total. The van der Waals surface area contributed by atoms with E-state index in [-0.39, 0.29) is 24.2 Å². The Morgan fingerprint density at radius 3 is 2.65 bits per heavy atom. The second-order valence-electron chi connectivity index (χ2n) is 7.24. The van der Waals surface area contributed by atoms with E-state index in [1.54, 1.807) is 4.90 Å². The summed E-state index contributed by atoms with van der Waals surface area (Å²) in [6.45, 7) is 3.12. The highest BCUT2D eigenvalue weighted by molar-refractivity contribution is 5.82. The highest BCUT2D eigenvalue weighted by atomic mass is 16.4. The maximum Gasteiger partial charge on any atom is 0.306 e. The van der Waals surface area contributed by atoms with Gasteiger partial charge in [0.05, 0.1) is 12.3 Å². The van der Waals surface area contributed by atoms with Crippen molar-refractivity contribution >= 4 is 17.8 Å². The molecule has 2 aliphatic rings. The van der Waals surface area contributed by atoms with E-state index in [0.717, 1.165) is 38.8 Å². The van der Waals surface area contributed by atoms with Crippen LogP contribution in [0.15, 0.2) is 0 Å². The van der Waals surface area contributed by atoms with E-state index in [2.05, 4.69) is 16.6 Å². The number of likely N-dealkylation sites (tertiary alicyclic amines) is 1. The van der Waals surface area contributed by atoms with E-state index in [0.29, 0.717) is 31.8 Å². The van der Waals surface area contributed by atoms with E-state index in [1.165, 1.54) is 0 Å². The molecular formula is C19H29N3O4. The summed E-state index contributed by atoms with van der Waals surface area (Å²) in [7, 11) is 0. The van der Waals surface area contributed by atoms with Crippen LogP contribution >= 0.6 is 0 Å². The molecule has 144 valence electrons. The molecule has 7 heteroatoms. The molecule has 0 saturated carbocycles. The third-order valence-electron chi connectivity index (χ3n) is 5.27. The molecule has 3 N–H and O–H groups in total. The first-order chi connectivity index (χ1) is 12.5. The molecule has 0 radical (unpaired) electrons. The summed E-state index contributed by atoms with van der Waals surface area (Å²) in [6.07, 6.45) is 10.1. The molecule has 2 saturated heterocycles. The molecule has 2 rings (SSSR count). The molecule has 0 aromatic carbocycles. The normalized spacial score (nSPS) is 22.3.